The summed E-state index contributed by atoms with van der Waals surface area (Å²) >= 11 is 0. The van der Waals surface area contributed by atoms with Gasteiger partial charge in [0.1, 0.15) is 6.07 Å². The molecule has 0 saturated carbocycles. The molecule has 0 rings (SSSR count). The van der Waals surface area contributed by atoms with Crippen LogP contribution in [-0.2, 0) is 9.53 Å². The summed E-state index contributed by atoms with van der Waals surface area (Å²) in [6.45, 7) is 3.56. The van der Waals surface area contributed by atoms with Gasteiger partial charge < -0.3 is 4.74 Å². The minimum atomic E-state index is -0.612. The summed E-state index contributed by atoms with van der Waals surface area (Å²) in [5.74, 6) is -0.277. The van der Waals surface area contributed by atoms with Crippen LogP contribution in [0.4, 0.5) is 0 Å². The maximum absolute atomic E-state index is 10.8. The lowest BCUT2D eigenvalue weighted by Gasteiger charge is -2.03. The second-order valence-corrected chi connectivity index (χ2v) is 2.36. The average Bonchev–Trinajstić information content (AvgIpc) is 2.00. The number of hydrogen-bond donors (Lipinski definition) is 0. The van der Waals surface area contributed by atoms with Crippen LogP contribution >= 0.6 is 0 Å². The third-order valence-corrected chi connectivity index (χ3v) is 1.22. The smallest absolute Gasteiger partial charge is 0.307 e. The Morgan fingerprint density at radius 2 is 2.36 bits per heavy atom. The number of hydrogen-bond acceptors (Lipinski definition) is 3. The largest absolute Gasteiger partial charge is 0.447 e. The van der Waals surface area contributed by atoms with Crippen molar-refractivity contribution in [3.63, 3.8) is 0 Å². The van der Waals surface area contributed by atoms with Gasteiger partial charge in [0.2, 0.25) is 0 Å². The Balaban J connectivity index is 3.46. The molecule has 3 heteroatoms. The molecule has 0 aromatic heterocycles. The molecule has 0 bridgehead atoms. The van der Waals surface area contributed by atoms with Gasteiger partial charge in [-0.3, -0.25) is 4.79 Å². The molecular formula is C8H13NO2. The second kappa shape index (κ2) is 5.72. The number of carbonyl (C=O) groups is 1. The molecule has 0 aromatic carbocycles. The molecule has 0 aliphatic rings. The summed E-state index contributed by atoms with van der Waals surface area (Å²) in [6.07, 6.45) is 1.61. The van der Waals surface area contributed by atoms with E-state index in [0.29, 0.717) is 6.42 Å². The summed E-state index contributed by atoms with van der Waals surface area (Å²) in [4.78, 5) is 10.8. The van der Waals surface area contributed by atoms with E-state index in [4.69, 9.17) is 10.00 Å². The van der Waals surface area contributed by atoms with E-state index < -0.39 is 6.10 Å². The molecule has 11 heavy (non-hydrogen) atoms. The number of esters is 1. The molecule has 0 radical (unpaired) electrons. The monoisotopic (exact) mass is 155 g/mol. The highest BCUT2D eigenvalue weighted by atomic mass is 16.5. The summed E-state index contributed by atoms with van der Waals surface area (Å²) < 4.78 is 4.70. The Morgan fingerprint density at radius 3 is 2.82 bits per heavy atom. The second-order valence-electron chi connectivity index (χ2n) is 2.36. The van der Waals surface area contributed by atoms with Crippen LogP contribution in [0, 0.1) is 11.3 Å². The molecule has 0 aromatic rings. The Kier molecular flexibility index (Phi) is 5.18. The highest BCUT2D eigenvalue weighted by Crippen LogP contribution is 1.98. The molecular weight excluding hydrogens is 142 g/mol. The lowest BCUT2D eigenvalue weighted by atomic mass is 10.2. The van der Waals surface area contributed by atoms with Gasteiger partial charge in [0, 0.05) is 6.42 Å². The van der Waals surface area contributed by atoms with Crippen LogP contribution in [0.2, 0.25) is 0 Å². The minimum absolute atomic E-state index is 0.277. The zero-order valence-electron chi connectivity index (χ0n) is 6.96. The van der Waals surface area contributed by atoms with Crippen molar-refractivity contribution in [2.45, 2.75) is 39.2 Å². The van der Waals surface area contributed by atoms with Crippen molar-refractivity contribution in [3.05, 3.63) is 0 Å². The van der Waals surface area contributed by atoms with Gasteiger partial charge in [-0.25, -0.2) is 0 Å². The molecule has 62 valence electrons. The first-order valence-corrected chi connectivity index (χ1v) is 3.79. The molecule has 0 saturated heterocycles. The third-order valence-electron chi connectivity index (χ3n) is 1.22. The zero-order valence-corrected chi connectivity index (χ0v) is 6.96. The van der Waals surface area contributed by atoms with E-state index >= 15 is 0 Å². The number of unbranched alkanes of at least 4 members (excludes halogenated alkanes) is 1. The van der Waals surface area contributed by atoms with Crippen molar-refractivity contribution in [2.24, 2.45) is 0 Å². The minimum Gasteiger partial charge on any atom is -0.447 e. The molecule has 1 unspecified atom stereocenters. The summed E-state index contributed by atoms with van der Waals surface area (Å²) in [7, 11) is 0. The number of nitriles is 1. The van der Waals surface area contributed by atoms with Crippen LogP contribution in [0.25, 0.3) is 0 Å². The fourth-order valence-electron chi connectivity index (χ4n) is 0.604. The van der Waals surface area contributed by atoms with Gasteiger partial charge in [-0.1, -0.05) is 13.3 Å². The molecule has 0 heterocycles. The van der Waals surface area contributed by atoms with E-state index in [0.717, 1.165) is 12.8 Å². The first-order chi connectivity index (χ1) is 5.20. The summed E-state index contributed by atoms with van der Waals surface area (Å²) in [6, 6.07) is 1.83. The van der Waals surface area contributed by atoms with Gasteiger partial charge in [0.25, 0.3) is 0 Å². The normalized spacial score (nSPS) is 11.7. The molecule has 0 aliphatic carbocycles. The van der Waals surface area contributed by atoms with Crippen LogP contribution in [0.15, 0.2) is 0 Å². The number of rotatable bonds is 4. The molecule has 0 N–H and O–H groups in total. The van der Waals surface area contributed by atoms with E-state index in [2.05, 4.69) is 0 Å². The van der Waals surface area contributed by atoms with E-state index in [-0.39, 0.29) is 5.97 Å². The van der Waals surface area contributed by atoms with E-state index in [1.165, 1.54) is 0 Å². The predicted molar refractivity (Wildman–Crippen MR) is 40.7 cm³/mol. The van der Waals surface area contributed by atoms with Crippen molar-refractivity contribution in [1.82, 2.24) is 0 Å². The Morgan fingerprint density at radius 1 is 1.73 bits per heavy atom. The van der Waals surface area contributed by atoms with Crippen molar-refractivity contribution in [2.75, 3.05) is 0 Å². The zero-order chi connectivity index (χ0) is 8.69. The van der Waals surface area contributed by atoms with Gasteiger partial charge in [0.05, 0.1) is 0 Å². The topological polar surface area (TPSA) is 50.1 Å². The lowest BCUT2D eigenvalue weighted by Crippen LogP contribution is -2.12. The van der Waals surface area contributed by atoms with Gasteiger partial charge in [-0.2, -0.15) is 5.26 Å². The molecule has 0 spiro atoms. The SMILES string of the molecule is CCCCC(=O)OC(C)C#N. The summed E-state index contributed by atoms with van der Waals surface area (Å²) in [5.41, 5.74) is 0. The maximum atomic E-state index is 10.8. The highest BCUT2D eigenvalue weighted by molar-refractivity contribution is 5.69. The van der Waals surface area contributed by atoms with Gasteiger partial charge in [-0.15, -0.1) is 0 Å². The molecule has 1 atom stereocenters. The molecule has 0 fully saturated rings. The fraction of sp³-hybridized carbons (Fsp3) is 0.750. The third kappa shape index (κ3) is 5.41. The fourth-order valence-corrected chi connectivity index (χ4v) is 0.604. The quantitative estimate of drug-likeness (QED) is 0.580. The number of ether oxygens (including phenoxy) is 1. The standard InChI is InChI=1S/C8H13NO2/c1-3-4-5-8(10)11-7(2)6-9/h7H,3-5H2,1-2H3. The van der Waals surface area contributed by atoms with Crippen LogP contribution in [0.3, 0.4) is 0 Å². The van der Waals surface area contributed by atoms with Crippen molar-refractivity contribution >= 4 is 5.97 Å². The van der Waals surface area contributed by atoms with Crippen molar-refractivity contribution < 1.29 is 9.53 Å². The van der Waals surface area contributed by atoms with Gasteiger partial charge in [0.15, 0.2) is 6.10 Å². The van der Waals surface area contributed by atoms with Crippen LogP contribution in [0.1, 0.15) is 33.1 Å². The van der Waals surface area contributed by atoms with Crippen LogP contribution < -0.4 is 0 Å². The highest BCUT2D eigenvalue weighted by Gasteiger charge is 2.06. The first kappa shape index (κ1) is 9.96. The number of carbonyl (C=O) groups excluding carboxylic acids is 1. The van der Waals surface area contributed by atoms with Crippen molar-refractivity contribution in [3.8, 4) is 6.07 Å². The van der Waals surface area contributed by atoms with E-state index in [9.17, 15) is 4.79 Å². The molecule has 3 nitrogen and oxygen atoms in total. The Hall–Kier alpha value is -1.04. The van der Waals surface area contributed by atoms with Gasteiger partial charge >= 0.3 is 5.97 Å². The average molecular weight is 155 g/mol. The first-order valence-electron chi connectivity index (χ1n) is 3.79. The number of nitrogens with zero attached hydrogens (tertiary/aromatic N) is 1. The maximum Gasteiger partial charge on any atom is 0.307 e. The predicted octanol–water partition coefficient (Wildman–Crippen LogP) is 1.63. The van der Waals surface area contributed by atoms with Gasteiger partial charge in [-0.05, 0) is 13.3 Å². The van der Waals surface area contributed by atoms with E-state index in [1.54, 1.807) is 6.92 Å². The molecule has 0 aliphatic heterocycles. The molecule has 0 amide bonds. The lowest BCUT2D eigenvalue weighted by molar-refractivity contribution is -0.145. The van der Waals surface area contributed by atoms with Crippen LogP contribution in [-0.4, -0.2) is 12.1 Å². The van der Waals surface area contributed by atoms with E-state index in [1.807, 2.05) is 13.0 Å². The Labute approximate surface area is 67.0 Å². The Bertz CT molecular complexity index is 160. The summed E-state index contributed by atoms with van der Waals surface area (Å²) in [5, 5.41) is 8.28. The van der Waals surface area contributed by atoms with Crippen LogP contribution in [0.5, 0.6) is 0 Å². The van der Waals surface area contributed by atoms with Crippen molar-refractivity contribution in [1.29, 1.82) is 5.26 Å².